The second-order valence-corrected chi connectivity index (χ2v) is 10.4. The topological polar surface area (TPSA) is 80.9 Å². The maximum atomic E-state index is 11.0. The molecule has 2 bridgehead atoms. The average molecular weight is 338 g/mol. The largest absolute Gasteiger partial charge is 0.393 e. The van der Waals surface area contributed by atoms with E-state index in [2.05, 4.69) is 20.8 Å². The molecule has 4 nitrogen and oxygen atoms in total. The fourth-order valence-electron chi connectivity index (χ4n) is 7.89. The van der Waals surface area contributed by atoms with E-state index in [0.717, 1.165) is 32.1 Å². The number of hydrogen-bond acceptors (Lipinski definition) is 4. The monoisotopic (exact) mass is 338 g/mol. The Balaban J connectivity index is 1.76. The molecule has 5 aliphatic carbocycles. The maximum Gasteiger partial charge on any atom is 0.0912 e. The third-order valence-corrected chi connectivity index (χ3v) is 9.26. The van der Waals surface area contributed by atoms with Crippen molar-refractivity contribution in [1.82, 2.24) is 0 Å². The Morgan fingerprint density at radius 2 is 1.62 bits per heavy atom. The normalized spacial score (nSPS) is 58.9. The van der Waals surface area contributed by atoms with E-state index in [0.29, 0.717) is 24.7 Å². The standard InChI is InChI=1S/C20H34O4/c1-17(2)13-4-7-19-10-20(24,11-21)12(9-16(19)23)8-14(19)18(13,3)6-5-15(17)22/h12-16,21-24H,4-11H2,1-3H3/t12-,13-,14+,15+,16+,18-,19+,20+/m1/s1. The van der Waals surface area contributed by atoms with Crippen LogP contribution in [0, 0.1) is 34.0 Å². The molecule has 5 saturated carbocycles. The van der Waals surface area contributed by atoms with Gasteiger partial charge in [-0.15, -0.1) is 0 Å². The minimum absolute atomic E-state index is 0.00471. The van der Waals surface area contributed by atoms with Gasteiger partial charge in [0.25, 0.3) is 0 Å². The molecule has 24 heavy (non-hydrogen) atoms. The van der Waals surface area contributed by atoms with Crippen LogP contribution in [0.5, 0.6) is 0 Å². The molecule has 138 valence electrons. The lowest BCUT2D eigenvalue weighted by Gasteiger charge is -2.71. The minimum Gasteiger partial charge on any atom is -0.393 e. The van der Waals surface area contributed by atoms with E-state index in [9.17, 15) is 20.4 Å². The maximum absolute atomic E-state index is 11.0. The van der Waals surface area contributed by atoms with Gasteiger partial charge < -0.3 is 20.4 Å². The highest BCUT2D eigenvalue weighted by atomic mass is 16.3. The zero-order valence-corrected chi connectivity index (χ0v) is 15.3. The quantitative estimate of drug-likeness (QED) is 0.590. The first-order valence-electron chi connectivity index (χ1n) is 9.79. The van der Waals surface area contributed by atoms with Crippen LogP contribution < -0.4 is 0 Å². The Labute approximate surface area is 145 Å². The average Bonchev–Trinajstić information content (AvgIpc) is 2.52. The van der Waals surface area contributed by atoms with Crippen molar-refractivity contribution in [3.05, 3.63) is 0 Å². The van der Waals surface area contributed by atoms with E-state index >= 15 is 0 Å². The van der Waals surface area contributed by atoms with Crippen molar-refractivity contribution in [2.75, 3.05) is 6.61 Å². The Bertz CT molecular complexity index is 534. The Morgan fingerprint density at radius 1 is 0.917 bits per heavy atom. The van der Waals surface area contributed by atoms with Crippen LogP contribution in [0.1, 0.15) is 65.7 Å². The van der Waals surface area contributed by atoms with Gasteiger partial charge in [0.15, 0.2) is 0 Å². The predicted molar refractivity (Wildman–Crippen MR) is 91.2 cm³/mol. The van der Waals surface area contributed by atoms with Gasteiger partial charge in [-0.05, 0) is 73.5 Å². The van der Waals surface area contributed by atoms with Crippen molar-refractivity contribution in [1.29, 1.82) is 0 Å². The molecule has 0 aromatic rings. The van der Waals surface area contributed by atoms with Gasteiger partial charge in [0, 0.05) is 5.41 Å². The van der Waals surface area contributed by atoms with E-state index in [1.165, 1.54) is 0 Å². The van der Waals surface area contributed by atoms with Crippen LogP contribution in [0.3, 0.4) is 0 Å². The van der Waals surface area contributed by atoms with Crippen LogP contribution in [0.15, 0.2) is 0 Å². The fourth-order valence-corrected chi connectivity index (χ4v) is 7.89. The van der Waals surface area contributed by atoms with Crippen LogP contribution in [-0.2, 0) is 0 Å². The zero-order valence-electron chi connectivity index (χ0n) is 15.3. The molecular formula is C20H34O4. The molecule has 0 saturated heterocycles. The molecule has 0 aromatic carbocycles. The van der Waals surface area contributed by atoms with Crippen LogP contribution >= 0.6 is 0 Å². The number of hydrogen-bond donors (Lipinski definition) is 4. The lowest BCUT2D eigenvalue weighted by atomic mass is 9.35. The van der Waals surface area contributed by atoms with Crippen LogP contribution in [-0.4, -0.2) is 44.8 Å². The summed E-state index contributed by atoms with van der Waals surface area (Å²) >= 11 is 0. The van der Waals surface area contributed by atoms with Crippen molar-refractivity contribution in [2.24, 2.45) is 34.0 Å². The molecule has 0 amide bonds. The molecule has 0 aromatic heterocycles. The summed E-state index contributed by atoms with van der Waals surface area (Å²) in [6, 6.07) is 0. The SMILES string of the molecule is CC1(C)[C@H]2CC[C@@]34C[C@](O)(CO)[C@@H](C[C@@H]3O)C[C@H]4[C@]2(C)CC[C@@H]1O. The molecule has 0 heterocycles. The minimum atomic E-state index is -1.01. The van der Waals surface area contributed by atoms with E-state index in [4.69, 9.17) is 0 Å². The summed E-state index contributed by atoms with van der Waals surface area (Å²) in [5.74, 6) is 0.837. The number of fused-ring (bicyclic) bond motifs is 3. The Kier molecular flexibility index (Phi) is 3.57. The molecule has 5 rings (SSSR count). The molecular weight excluding hydrogens is 304 g/mol. The first-order valence-corrected chi connectivity index (χ1v) is 9.79. The molecule has 0 radical (unpaired) electrons. The summed E-state index contributed by atoms with van der Waals surface area (Å²) in [5.41, 5.74) is -1.25. The van der Waals surface area contributed by atoms with E-state index in [-0.39, 0.29) is 41.0 Å². The zero-order chi connectivity index (χ0) is 17.5. The van der Waals surface area contributed by atoms with Crippen molar-refractivity contribution in [3.8, 4) is 0 Å². The first kappa shape index (κ1) is 17.3. The first-order chi connectivity index (χ1) is 11.1. The van der Waals surface area contributed by atoms with E-state index in [1.54, 1.807) is 0 Å². The van der Waals surface area contributed by atoms with Crippen molar-refractivity contribution in [3.63, 3.8) is 0 Å². The van der Waals surface area contributed by atoms with Crippen LogP contribution in [0.25, 0.3) is 0 Å². The van der Waals surface area contributed by atoms with Gasteiger partial charge in [0.1, 0.15) is 0 Å². The van der Waals surface area contributed by atoms with E-state index < -0.39 is 5.60 Å². The van der Waals surface area contributed by atoms with Crippen molar-refractivity contribution in [2.45, 2.75) is 83.5 Å². The van der Waals surface area contributed by atoms with E-state index in [1.807, 2.05) is 0 Å². The molecule has 4 heteroatoms. The van der Waals surface area contributed by atoms with Gasteiger partial charge in [-0.3, -0.25) is 0 Å². The number of aliphatic hydroxyl groups excluding tert-OH is 3. The van der Waals surface area contributed by atoms with Gasteiger partial charge in [0.2, 0.25) is 0 Å². The summed E-state index contributed by atoms with van der Waals surface area (Å²) in [4.78, 5) is 0. The summed E-state index contributed by atoms with van der Waals surface area (Å²) < 4.78 is 0. The van der Waals surface area contributed by atoms with Gasteiger partial charge in [-0.25, -0.2) is 0 Å². The van der Waals surface area contributed by atoms with Crippen molar-refractivity contribution < 1.29 is 20.4 Å². The molecule has 1 spiro atoms. The summed E-state index contributed by atoms with van der Waals surface area (Å²) in [6.45, 7) is 6.60. The van der Waals surface area contributed by atoms with Crippen LogP contribution in [0.2, 0.25) is 0 Å². The van der Waals surface area contributed by atoms with Crippen molar-refractivity contribution >= 4 is 0 Å². The van der Waals surface area contributed by atoms with Gasteiger partial charge >= 0.3 is 0 Å². The number of aliphatic hydroxyl groups is 4. The smallest absolute Gasteiger partial charge is 0.0912 e. The predicted octanol–water partition coefficient (Wildman–Crippen LogP) is 2.08. The van der Waals surface area contributed by atoms with Gasteiger partial charge in [-0.1, -0.05) is 20.8 Å². The second-order valence-electron chi connectivity index (χ2n) is 10.4. The summed E-state index contributed by atoms with van der Waals surface area (Å²) in [5, 5.41) is 42.3. The van der Waals surface area contributed by atoms with Gasteiger partial charge in [0.05, 0.1) is 24.4 Å². The Hall–Kier alpha value is -0.160. The highest BCUT2D eigenvalue weighted by Crippen LogP contribution is 2.72. The molecule has 0 aliphatic heterocycles. The molecule has 5 aliphatic rings. The third kappa shape index (κ3) is 1.89. The lowest BCUT2D eigenvalue weighted by molar-refractivity contribution is -0.284. The third-order valence-electron chi connectivity index (χ3n) is 9.26. The van der Waals surface area contributed by atoms with Gasteiger partial charge in [-0.2, -0.15) is 0 Å². The molecule has 8 atom stereocenters. The molecule has 5 fully saturated rings. The number of rotatable bonds is 1. The second kappa shape index (κ2) is 4.97. The summed E-state index contributed by atoms with van der Waals surface area (Å²) in [6.07, 6.45) is 5.21. The Morgan fingerprint density at radius 3 is 2.29 bits per heavy atom. The highest BCUT2D eigenvalue weighted by molar-refractivity contribution is 5.19. The lowest BCUT2D eigenvalue weighted by Crippen LogP contribution is -2.70. The van der Waals surface area contributed by atoms with Crippen LogP contribution in [0.4, 0.5) is 0 Å². The highest BCUT2D eigenvalue weighted by Gasteiger charge is 2.70. The summed E-state index contributed by atoms with van der Waals surface area (Å²) in [7, 11) is 0. The fraction of sp³-hybridized carbons (Fsp3) is 1.00. The molecule has 0 unspecified atom stereocenters. The molecule has 4 N–H and O–H groups in total.